The standard InChI is InChI=1S/C15H23NOS/c1-15(2,18-3)11-16-8-6-12-4-5-14-13(10-12)7-9-17-14/h4-5,10,16H,6-9,11H2,1-3H3. The highest BCUT2D eigenvalue weighted by Crippen LogP contribution is 2.26. The third-order valence-corrected chi connectivity index (χ3v) is 4.70. The van der Waals surface area contributed by atoms with E-state index < -0.39 is 0 Å². The van der Waals surface area contributed by atoms with Crippen molar-refractivity contribution in [3.05, 3.63) is 29.3 Å². The number of nitrogens with one attached hydrogen (secondary N) is 1. The van der Waals surface area contributed by atoms with Crippen LogP contribution < -0.4 is 10.1 Å². The normalized spacial score (nSPS) is 14.4. The summed E-state index contributed by atoms with van der Waals surface area (Å²) < 4.78 is 5.85. The van der Waals surface area contributed by atoms with Gasteiger partial charge in [-0.15, -0.1) is 0 Å². The van der Waals surface area contributed by atoms with Gasteiger partial charge in [0, 0.05) is 17.7 Å². The molecule has 0 spiro atoms. The summed E-state index contributed by atoms with van der Waals surface area (Å²) >= 11 is 1.91. The Kier molecular flexibility index (Phi) is 4.57. The van der Waals surface area contributed by atoms with Gasteiger partial charge in [0.05, 0.1) is 6.61 Å². The van der Waals surface area contributed by atoms with Crippen LogP contribution in [0.3, 0.4) is 0 Å². The predicted octanol–water partition coefficient (Wildman–Crippen LogP) is 2.90. The number of fused-ring (bicyclic) bond motifs is 1. The first kappa shape index (κ1) is 13.8. The fraction of sp³-hybridized carbons (Fsp3) is 0.600. The van der Waals surface area contributed by atoms with E-state index in [1.165, 1.54) is 11.1 Å². The summed E-state index contributed by atoms with van der Waals surface area (Å²) in [4.78, 5) is 0. The van der Waals surface area contributed by atoms with Crippen LogP contribution in [0.1, 0.15) is 25.0 Å². The van der Waals surface area contributed by atoms with Crippen LogP contribution in [0.4, 0.5) is 0 Å². The minimum absolute atomic E-state index is 0.325. The molecular formula is C15H23NOS. The summed E-state index contributed by atoms with van der Waals surface area (Å²) in [6.07, 6.45) is 4.33. The summed E-state index contributed by atoms with van der Waals surface area (Å²) in [5.41, 5.74) is 2.78. The van der Waals surface area contributed by atoms with Crippen molar-refractivity contribution in [2.24, 2.45) is 0 Å². The van der Waals surface area contributed by atoms with Gasteiger partial charge in [-0.3, -0.25) is 0 Å². The van der Waals surface area contributed by atoms with Crippen molar-refractivity contribution in [3.8, 4) is 5.75 Å². The molecule has 2 rings (SSSR count). The van der Waals surface area contributed by atoms with Gasteiger partial charge < -0.3 is 10.1 Å². The van der Waals surface area contributed by atoms with Gasteiger partial charge in [-0.1, -0.05) is 12.1 Å². The van der Waals surface area contributed by atoms with E-state index in [9.17, 15) is 0 Å². The van der Waals surface area contributed by atoms with Gasteiger partial charge in [-0.05, 0) is 50.3 Å². The van der Waals surface area contributed by atoms with Gasteiger partial charge in [-0.25, -0.2) is 0 Å². The third-order valence-electron chi connectivity index (χ3n) is 3.45. The van der Waals surface area contributed by atoms with Gasteiger partial charge in [0.25, 0.3) is 0 Å². The molecule has 0 aliphatic carbocycles. The summed E-state index contributed by atoms with van der Waals surface area (Å²) in [5.74, 6) is 1.08. The number of thioether (sulfide) groups is 1. The Hall–Kier alpha value is -0.670. The predicted molar refractivity (Wildman–Crippen MR) is 79.8 cm³/mol. The first-order valence-corrected chi connectivity index (χ1v) is 7.84. The molecule has 0 radical (unpaired) electrons. The lowest BCUT2D eigenvalue weighted by Gasteiger charge is -2.22. The average Bonchev–Trinajstić information content (AvgIpc) is 2.82. The molecule has 0 saturated carbocycles. The summed E-state index contributed by atoms with van der Waals surface area (Å²) in [6, 6.07) is 6.60. The Bertz CT molecular complexity index is 403. The molecule has 1 aliphatic heterocycles. The number of hydrogen-bond acceptors (Lipinski definition) is 3. The average molecular weight is 265 g/mol. The first-order chi connectivity index (χ1) is 8.61. The van der Waals surface area contributed by atoms with Gasteiger partial charge in [0.2, 0.25) is 0 Å². The number of benzene rings is 1. The lowest BCUT2D eigenvalue weighted by molar-refractivity contribution is 0.357. The quantitative estimate of drug-likeness (QED) is 0.799. The maximum Gasteiger partial charge on any atom is 0.122 e. The van der Waals surface area contributed by atoms with Crippen LogP contribution in [-0.4, -0.2) is 30.7 Å². The molecule has 1 N–H and O–H groups in total. The zero-order valence-electron chi connectivity index (χ0n) is 11.6. The Morgan fingerprint density at radius 2 is 2.22 bits per heavy atom. The molecule has 0 bridgehead atoms. The molecule has 0 atom stereocenters. The molecule has 1 heterocycles. The number of hydrogen-bond donors (Lipinski definition) is 1. The molecule has 18 heavy (non-hydrogen) atoms. The van der Waals surface area contributed by atoms with Crippen LogP contribution in [0.2, 0.25) is 0 Å². The minimum atomic E-state index is 0.325. The van der Waals surface area contributed by atoms with Crippen LogP contribution in [0.15, 0.2) is 18.2 Å². The highest BCUT2D eigenvalue weighted by molar-refractivity contribution is 7.99. The van der Waals surface area contributed by atoms with E-state index in [1.807, 2.05) is 11.8 Å². The minimum Gasteiger partial charge on any atom is -0.493 e. The van der Waals surface area contributed by atoms with Gasteiger partial charge in [-0.2, -0.15) is 11.8 Å². The van der Waals surface area contributed by atoms with Crippen LogP contribution >= 0.6 is 11.8 Å². The van der Waals surface area contributed by atoms with Crippen molar-refractivity contribution < 1.29 is 4.74 Å². The van der Waals surface area contributed by atoms with E-state index >= 15 is 0 Å². The van der Waals surface area contributed by atoms with Crippen LogP contribution in [0.25, 0.3) is 0 Å². The van der Waals surface area contributed by atoms with Crippen LogP contribution in [0.5, 0.6) is 5.75 Å². The number of rotatable bonds is 6. The second kappa shape index (κ2) is 5.98. The van der Waals surface area contributed by atoms with Crippen molar-refractivity contribution in [2.75, 3.05) is 26.0 Å². The molecule has 1 aliphatic rings. The molecule has 1 aromatic carbocycles. The van der Waals surface area contributed by atoms with E-state index in [1.54, 1.807) is 0 Å². The van der Waals surface area contributed by atoms with Crippen molar-refractivity contribution in [1.82, 2.24) is 5.32 Å². The van der Waals surface area contributed by atoms with Crippen LogP contribution in [-0.2, 0) is 12.8 Å². The molecule has 0 amide bonds. The highest BCUT2D eigenvalue weighted by Gasteiger charge is 2.15. The van der Waals surface area contributed by atoms with E-state index in [-0.39, 0.29) is 0 Å². The zero-order chi connectivity index (χ0) is 13.0. The fourth-order valence-corrected chi connectivity index (χ4v) is 2.34. The summed E-state index contributed by atoms with van der Waals surface area (Å²) in [6.45, 7) is 7.50. The van der Waals surface area contributed by atoms with E-state index in [0.717, 1.165) is 38.3 Å². The van der Waals surface area contributed by atoms with Gasteiger partial charge >= 0.3 is 0 Å². The molecule has 3 heteroatoms. The van der Waals surface area contributed by atoms with E-state index in [2.05, 4.69) is 43.6 Å². The van der Waals surface area contributed by atoms with E-state index in [0.29, 0.717) is 4.75 Å². The first-order valence-electron chi connectivity index (χ1n) is 6.61. The molecular weight excluding hydrogens is 242 g/mol. The fourth-order valence-electron chi connectivity index (χ4n) is 2.09. The van der Waals surface area contributed by atoms with Gasteiger partial charge in [0.1, 0.15) is 5.75 Å². The molecule has 0 saturated heterocycles. The zero-order valence-corrected chi connectivity index (χ0v) is 12.4. The number of ether oxygens (including phenoxy) is 1. The van der Waals surface area contributed by atoms with E-state index in [4.69, 9.17) is 4.74 Å². The molecule has 100 valence electrons. The lowest BCUT2D eigenvalue weighted by atomic mass is 10.1. The molecule has 2 nitrogen and oxygen atoms in total. The van der Waals surface area contributed by atoms with Crippen molar-refractivity contribution in [3.63, 3.8) is 0 Å². The van der Waals surface area contributed by atoms with Crippen molar-refractivity contribution in [1.29, 1.82) is 0 Å². The molecule has 0 fully saturated rings. The second-order valence-corrected chi connectivity index (χ2v) is 6.94. The Morgan fingerprint density at radius 1 is 1.39 bits per heavy atom. The van der Waals surface area contributed by atoms with Gasteiger partial charge in [0.15, 0.2) is 0 Å². The van der Waals surface area contributed by atoms with Crippen molar-refractivity contribution >= 4 is 11.8 Å². The SMILES string of the molecule is CSC(C)(C)CNCCc1ccc2c(c1)CCO2. The maximum absolute atomic E-state index is 5.52. The highest BCUT2D eigenvalue weighted by atomic mass is 32.2. The Morgan fingerprint density at radius 3 is 3.00 bits per heavy atom. The molecule has 0 unspecified atom stereocenters. The second-order valence-electron chi connectivity index (χ2n) is 5.43. The van der Waals surface area contributed by atoms with Crippen molar-refractivity contribution in [2.45, 2.75) is 31.4 Å². The van der Waals surface area contributed by atoms with Crippen LogP contribution in [0, 0.1) is 0 Å². The monoisotopic (exact) mass is 265 g/mol. The Balaban J connectivity index is 1.77. The third kappa shape index (κ3) is 3.66. The smallest absolute Gasteiger partial charge is 0.122 e. The lowest BCUT2D eigenvalue weighted by Crippen LogP contribution is -2.33. The summed E-state index contributed by atoms with van der Waals surface area (Å²) in [5, 5.41) is 3.54. The Labute approximate surface area is 114 Å². The topological polar surface area (TPSA) is 21.3 Å². The maximum atomic E-state index is 5.52. The summed E-state index contributed by atoms with van der Waals surface area (Å²) in [7, 11) is 0. The molecule has 0 aromatic heterocycles. The largest absolute Gasteiger partial charge is 0.493 e. The molecule has 1 aromatic rings.